The molecular weight excluding hydrogens is 488 g/mol. The van der Waals surface area contributed by atoms with Crippen LogP contribution in [0.2, 0.25) is 0 Å². The summed E-state index contributed by atoms with van der Waals surface area (Å²) in [7, 11) is 1.43. The summed E-state index contributed by atoms with van der Waals surface area (Å²) < 4.78 is 4.94. The van der Waals surface area contributed by atoms with Gasteiger partial charge in [0.2, 0.25) is 0 Å². The van der Waals surface area contributed by atoms with Crippen LogP contribution in [0.15, 0.2) is 18.2 Å². The quantitative estimate of drug-likeness (QED) is 0.321. The monoisotopic (exact) mass is 526 g/mol. The lowest BCUT2D eigenvalue weighted by Gasteiger charge is -2.16. The van der Waals surface area contributed by atoms with E-state index in [1.54, 1.807) is 0 Å². The topological polar surface area (TPSA) is 104 Å². The molecule has 0 radical (unpaired) electrons. The van der Waals surface area contributed by atoms with Crippen LogP contribution < -0.4 is 0 Å². The van der Waals surface area contributed by atoms with E-state index in [1.807, 2.05) is 6.92 Å². The van der Waals surface area contributed by atoms with Gasteiger partial charge in [0.1, 0.15) is 0 Å². The average molecular weight is 527 g/mol. The first kappa shape index (κ1) is 26.9. The molecule has 2 atom stereocenters. The number of allylic oxidation sites excluding steroid dienone is 1. The molecule has 3 N–H and O–H groups in total. The van der Waals surface area contributed by atoms with Gasteiger partial charge in [-0.1, -0.05) is 13.8 Å². The SMILES string of the molecule is CCc1c(C)c2cc3[nH]c(cc4nc(c(C)c5nc(cc1[nH]2)C(C)=C5)C(CCC(=O)OC)C4C)c(C)c3CO. The summed E-state index contributed by atoms with van der Waals surface area (Å²) in [6.45, 7) is 12.6. The predicted octanol–water partition coefficient (Wildman–Crippen LogP) is 6.70. The Bertz CT molecular complexity index is 1660. The number of nitrogens with zero attached hydrogens (tertiary/aromatic N) is 2. The standard InChI is InChI=1S/C32H38N4O3/c1-8-21-17(3)27-14-30-23(15-37)19(5)26(35-30)13-28-18(4)22(9-10-31(38)39-7)32(36-28)20(6)25-11-16(2)24(33-25)12-29(21)34-27/h11-14,18,22,34-35,37H,8-10,15H2,1-7H3. The molecule has 0 spiro atoms. The summed E-state index contributed by atoms with van der Waals surface area (Å²) >= 11 is 0. The third kappa shape index (κ3) is 4.69. The second-order valence-corrected chi connectivity index (χ2v) is 10.8. The number of aliphatic hydroxyl groups excluding tert-OH is 1. The van der Waals surface area contributed by atoms with Crippen molar-refractivity contribution in [1.82, 2.24) is 19.9 Å². The van der Waals surface area contributed by atoms with Crippen LogP contribution in [0.25, 0.3) is 33.7 Å². The summed E-state index contributed by atoms with van der Waals surface area (Å²) in [6, 6.07) is 6.33. The average Bonchev–Trinajstić information content (AvgIpc) is 3.61. The molecule has 2 aliphatic heterocycles. The number of aromatic amines is 2. The van der Waals surface area contributed by atoms with Gasteiger partial charge in [0.15, 0.2) is 0 Å². The highest BCUT2D eigenvalue weighted by molar-refractivity contribution is 5.85. The second kappa shape index (κ2) is 10.5. The van der Waals surface area contributed by atoms with E-state index in [4.69, 9.17) is 14.7 Å². The molecule has 39 heavy (non-hydrogen) atoms. The Balaban J connectivity index is 1.89. The number of methoxy groups -OCH3 is 1. The summed E-state index contributed by atoms with van der Waals surface area (Å²) in [6.07, 6.45) is 4.01. The van der Waals surface area contributed by atoms with Crippen LogP contribution in [0.1, 0.15) is 96.0 Å². The Hall–Kier alpha value is -3.71. The zero-order valence-corrected chi connectivity index (χ0v) is 24.0. The smallest absolute Gasteiger partial charge is 0.305 e. The van der Waals surface area contributed by atoms with Gasteiger partial charge in [0, 0.05) is 57.3 Å². The summed E-state index contributed by atoms with van der Waals surface area (Å²) in [5.41, 5.74) is 14.1. The summed E-state index contributed by atoms with van der Waals surface area (Å²) in [5.74, 6) is -0.0479. The number of hydrogen-bond acceptors (Lipinski definition) is 5. The van der Waals surface area contributed by atoms with Gasteiger partial charge in [0.25, 0.3) is 0 Å². The van der Waals surface area contributed by atoms with E-state index in [0.717, 1.165) is 73.5 Å². The van der Waals surface area contributed by atoms with Gasteiger partial charge < -0.3 is 19.8 Å². The number of aromatic nitrogens is 4. The van der Waals surface area contributed by atoms with Crippen molar-refractivity contribution in [3.63, 3.8) is 0 Å². The molecule has 5 rings (SSSR count). The highest BCUT2D eigenvalue weighted by atomic mass is 16.5. The third-order valence-corrected chi connectivity index (χ3v) is 8.60. The van der Waals surface area contributed by atoms with E-state index < -0.39 is 0 Å². The molecule has 0 aromatic carbocycles. The van der Waals surface area contributed by atoms with E-state index in [1.165, 1.54) is 18.2 Å². The van der Waals surface area contributed by atoms with E-state index in [2.05, 4.69) is 68.9 Å². The maximum Gasteiger partial charge on any atom is 0.305 e. The Morgan fingerprint density at radius 2 is 1.62 bits per heavy atom. The van der Waals surface area contributed by atoms with Gasteiger partial charge in [-0.3, -0.25) is 9.78 Å². The predicted molar refractivity (Wildman–Crippen MR) is 156 cm³/mol. The fourth-order valence-corrected chi connectivity index (χ4v) is 6.03. The lowest BCUT2D eigenvalue weighted by molar-refractivity contribution is -0.140. The number of aliphatic hydroxyl groups is 1. The summed E-state index contributed by atoms with van der Waals surface area (Å²) in [4.78, 5) is 29.4. The first-order chi connectivity index (χ1) is 18.7. The molecule has 2 unspecified atom stereocenters. The maximum absolute atomic E-state index is 12.1. The summed E-state index contributed by atoms with van der Waals surface area (Å²) in [5, 5.41) is 10.3. The van der Waals surface area contributed by atoms with Crippen LogP contribution in [0, 0.1) is 20.8 Å². The molecular formula is C32H38N4O3. The van der Waals surface area contributed by atoms with Gasteiger partial charge in [-0.2, -0.15) is 0 Å². The number of rotatable bonds is 5. The first-order valence-corrected chi connectivity index (χ1v) is 13.8. The number of hydrogen-bond donors (Lipinski definition) is 3. The molecule has 0 saturated heterocycles. The second-order valence-electron chi connectivity index (χ2n) is 10.8. The van der Waals surface area contributed by atoms with Crippen LogP contribution >= 0.6 is 0 Å². The minimum absolute atomic E-state index is 0.0610. The van der Waals surface area contributed by atoms with Crippen LogP contribution in [-0.4, -0.2) is 38.1 Å². The number of ether oxygens (including phenoxy) is 1. The van der Waals surface area contributed by atoms with E-state index in [-0.39, 0.29) is 24.4 Å². The Kier molecular flexibility index (Phi) is 7.21. The molecule has 0 saturated carbocycles. The van der Waals surface area contributed by atoms with Gasteiger partial charge in [0.05, 0.1) is 25.1 Å². The van der Waals surface area contributed by atoms with Gasteiger partial charge >= 0.3 is 5.97 Å². The molecule has 3 aromatic rings. The highest BCUT2D eigenvalue weighted by Crippen LogP contribution is 2.42. The molecule has 0 aliphatic carbocycles. The molecule has 7 heteroatoms. The highest BCUT2D eigenvalue weighted by Gasteiger charge is 2.31. The first-order valence-electron chi connectivity index (χ1n) is 13.8. The van der Waals surface area contributed by atoms with E-state index in [0.29, 0.717) is 12.8 Å². The minimum atomic E-state index is -0.214. The van der Waals surface area contributed by atoms with Gasteiger partial charge in [-0.05, 0) is 92.6 Å². The molecule has 0 amide bonds. The molecule has 3 aromatic heterocycles. The van der Waals surface area contributed by atoms with Crippen LogP contribution in [0.5, 0.6) is 0 Å². The fourth-order valence-electron chi connectivity index (χ4n) is 6.03. The van der Waals surface area contributed by atoms with Crippen LogP contribution in [-0.2, 0) is 22.6 Å². The van der Waals surface area contributed by atoms with Crippen LogP contribution in [0.4, 0.5) is 0 Å². The Labute approximate surface area is 229 Å². The van der Waals surface area contributed by atoms with Crippen molar-refractivity contribution in [2.45, 2.75) is 79.2 Å². The molecule has 7 nitrogen and oxygen atoms in total. The third-order valence-electron chi connectivity index (χ3n) is 8.60. The number of H-pyrrole nitrogens is 2. The number of fused-ring (bicyclic) bond motifs is 8. The van der Waals surface area contributed by atoms with Gasteiger partial charge in [-0.15, -0.1) is 0 Å². The van der Waals surface area contributed by atoms with Crippen molar-refractivity contribution in [3.05, 3.63) is 68.8 Å². The van der Waals surface area contributed by atoms with E-state index >= 15 is 0 Å². The fraction of sp³-hybridized carbons (Fsp3) is 0.406. The lowest BCUT2D eigenvalue weighted by Crippen LogP contribution is -2.08. The lowest BCUT2D eigenvalue weighted by atomic mass is 9.86. The van der Waals surface area contributed by atoms with Crippen molar-refractivity contribution in [3.8, 4) is 0 Å². The molecule has 5 heterocycles. The maximum atomic E-state index is 12.1. The number of nitrogens with one attached hydrogen (secondary N) is 2. The normalized spacial score (nSPS) is 16.9. The van der Waals surface area contributed by atoms with Crippen LogP contribution in [0.3, 0.4) is 0 Å². The molecule has 2 aliphatic rings. The number of carbonyl (C=O) groups excluding carboxylic acids is 1. The van der Waals surface area contributed by atoms with Gasteiger partial charge in [-0.25, -0.2) is 4.98 Å². The Morgan fingerprint density at radius 3 is 2.28 bits per heavy atom. The molecule has 0 fully saturated rings. The van der Waals surface area contributed by atoms with Crippen molar-refractivity contribution < 1.29 is 14.6 Å². The molecule has 8 bridgehead atoms. The van der Waals surface area contributed by atoms with Crippen molar-refractivity contribution in [1.29, 1.82) is 0 Å². The Morgan fingerprint density at radius 1 is 0.949 bits per heavy atom. The number of esters is 1. The largest absolute Gasteiger partial charge is 0.469 e. The zero-order chi connectivity index (χ0) is 28.0. The molecule has 204 valence electrons. The minimum Gasteiger partial charge on any atom is -0.469 e. The van der Waals surface area contributed by atoms with Crippen molar-refractivity contribution >= 4 is 39.7 Å². The van der Waals surface area contributed by atoms with Crippen molar-refractivity contribution in [2.75, 3.05) is 7.11 Å². The number of carbonyl (C=O) groups is 1. The zero-order valence-electron chi connectivity index (χ0n) is 24.0. The van der Waals surface area contributed by atoms with E-state index in [9.17, 15) is 9.90 Å². The van der Waals surface area contributed by atoms with Crippen molar-refractivity contribution in [2.24, 2.45) is 0 Å². The number of aryl methyl sites for hydroxylation is 3.